The van der Waals surface area contributed by atoms with Crippen molar-refractivity contribution >= 4 is 5.91 Å². The molecule has 2 aromatic carbocycles. The molecule has 3 rings (SSSR count). The van der Waals surface area contributed by atoms with Crippen molar-refractivity contribution < 1.29 is 9.53 Å². The summed E-state index contributed by atoms with van der Waals surface area (Å²) in [5, 5.41) is 4.43. The fourth-order valence-electron chi connectivity index (χ4n) is 2.93. The van der Waals surface area contributed by atoms with Crippen LogP contribution in [0.4, 0.5) is 0 Å². The lowest BCUT2D eigenvalue weighted by atomic mass is 10.1. The maximum Gasteiger partial charge on any atom is 0.282 e. The number of allylic oxidation sites excluding steroid dienone is 1. The van der Waals surface area contributed by atoms with Crippen LogP contribution in [0.15, 0.2) is 67.3 Å². The van der Waals surface area contributed by atoms with E-state index < -0.39 is 0 Å². The fourth-order valence-corrected chi connectivity index (χ4v) is 2.93. The summed E-state index contributed by atoms with van der Waals surface area (Å²) in [7, 11) is 0. The minimum absolute atomic E-state index is 0.190. The number of ether oxygens (including phenoxy) is 1. The van der Waals surface area contributed by atoms with Crippen LogP contribution in [0, 0.1) is 13.8 Å². The van der Waals surface area contributed by atoms with Gasteiger partial charge >= 0.3 is 0 Å². The molecule has 0 unspecified atom stereocenters. The maximum absolute atomic E-state index is 13.1. The van der Waals surface area contributed by atoms with Crippen LogP contribution in [0.3, 0.4) is 0 Å². The van der Waals surface area contributed by atoms with Crippen molar-refractivity contribution in [3.8, 4) is 5.75 Å². The molecule has 3 aromatic rings. The first kappa shape index (κ1) is 17.7. The third-order valence-corrected chi connectivity index (χ3v) is 4.34. The summed E-state index contributed by atoms with van der Waals surface area (Å²) in [5.74, 6) is 0.365. The molecule has 0 atom stereocenters. The lowest BCUT2D eigenvalue weighted by Crippen LogP contribution is -2.17. The Balaban J connectivity index is 1.89. The highest BCUT2D eigenvalue weighted by molar-refractivity contribution is 5.98. The van der Waals surface area contributed by atoms with E-state index >= 15 is 0 Å². The van der Waals surface area contributed by atoms with E-state index in [9.17, 15) is 4.79 Å². The number of aromatic nitrogens is 2. The van der Waals surface area contributed by atoms with E-state index in [-0.39, 0.29) is 5.91 Å². The van der Waals surface area contributed by atoms with Crippen LogP contribution in [0.2, 0.25) is 0 Å². The van der Waals surface area contributed by atoms with E-state index in [2.05, 4.69) is 11.7 Å². The molecule has 26 heavy (non-hydrogen) atoms. The Morgan fingerprint density at radius 1 is 1.12 bits per heavy atom. The van der Waals surface area contributed by atoms with Gasteiger partial charge in [-0.05, 0) is 38.0 Å². The number of hydrogen-bond acceptors (Lipinski definition) is 3. The monoisotopic (exact) mass is 346 g/mol. The summed E-state index contributed by atoms with van der Waals surface area (Å²) in [6.07, 6.45) is 2.51. The highest BCUT2D eigenvalue weighted by Gasteiger charge is 2.20. The van der Waals surface area contributed by atoms with Crippen molar-refractivity contribution in [2.24, 2.45) is 0 Å². The van der Waals surface area contributed by atoms with E-state index in [0.29, 0.717) is 24.3 Å². The van der Waals surface area contributed by atoms with Gasteiger partial charge in [-0.3, -0.25) is 4.79 Å². The third-order valence-electron chi connectivity index (χ3n) is 4.34. The molecule has 1 heterocycles. The Labute approximate surface area is 153 Å². The first-order valence-corrected chi connectivity index (χ1v) is 8.58. The van der Waals surface area contributed by atoms with Gasteiger partial charge in [0.2, 0.25) is 0 Å². The van der Waals surface area contributed by atoms with E-state index in [1.165, 1.54) is 4.68 Å². The van der Waals surface area contributed by atoms with Crippen LogP contribution in [0.5, 0.6) is 5.75 Å². The van der Waals surface area contributed by atoms with Crippen molar-refractivity contribution in [3.63, 3.8) is 0 Å². The number of hydrogen-bond donors (Lipinski definition) is 0. The van der Waals surface area contributed by atoms with Crippen LogP contribution >= 0.6 is 0 Å². The van der Waals surface area contributed by atoms with Gasteiger partial charge in [0.1, 0.15) is 12.4 Å². The third kappa shape index (κ3) is 3.59. The minimum Gasteiger partial charge on any atom is -0.488 e. The van der Waals surface area contributed by atoms with Gasteiger partial charge < -0.3 is 4.74 Å². The SMILES string of the molecule is C=CCc1c(C)nn(C(=O)c2ccccc2OCc2ccccc2)c1C. The number of carbonyl (C=O) groups excluding carboxylic acids is 1. The Kier molecular flexibility index (Phi) is 5.32. The van der Waals surface area contributed by atoms with Gasteiger partial charge in [-0.15, -0.1) is 6.58 Å². The lowest BCUT2D eigenvalue weighted by molar-refractivity contribution is 0.0937. The minimum atomic E-state index is -0.190. The Bertz CT molecular complexity index is 927. The van der Waals surface area contributed by atoms with E-state index in [4.69, 9.17) is 4.74 Å². The maximum atomic E-state index is 13.1. The predicted octanol–water partition coefficient (Wildman–Crippen LogP) is 4.50. The molecule has 0 bridgehead atoms. The van der Waals surface area contributed by atoms with Crippen LogP contribution < -0.4 is 4.74 Å². The molecule has 0 amide bonds. The molecular weight excluding hydrogens is 324 g/mol. The molecule has 0 aliphatic rings. The van der Waals surface area contributed by atoms with Gasteiger partial charge in [0.15, 0.2) is 0 Å². The summed E-state index contributed by atoms with van der Waals surface area (Å²) in [4.78, 5) is 13.1. The molecule has 132 valence electrons. The second-order valence-electron chi connectivity index (χ2n) is 6.13. The van der Waals surface area contributed by atoms with Gasteiger partial charge in [0.05, 0.1) is 11.3 Å². The second kappa shape index (κ2) is 7.83. The van der Waals surface area contributed by atoms with Crippen molar-refractivity contribution in [2.75, 3.05) is 0 Å². The summed E-state index contributed by atoms with van der Waals surface area (Å²) in [6, 6.07) is 17.2. The van der Waals surface area contributed by atoms with Crippen LogP contribution in [-0.2, 0) is 13.0 Å². The van der Waals surface area contributed by atoms with E-state index in [1.807, 2.05) is 68.5 Å². The van der Waals surface area contributed by atoms with Gasteiger partial charge in [-0.1, -0.05) is 48.5 Å². The molecule has 0 spiro atoms. The van der Waals surface area contributed by atoms with Crippen LogP contribution in [0.25, 0.3) is 0 Å². The van der Waals surface area contributed by atoms with Crippen LogP contribution in [-0.4, -0.2) is 15.7 Å². The van der Waals surface area contributed by atoms with E-state index in [1.54, 1.807) is 6.07 Å². The highest BCUT2D eigenvalue weighted by Crippen LogP contribution is 2.23. The fraction of sp³-hybridized carbons (Fsp3) is 0.182. The zero-order valence-corrected chi connectivity index (χ0v) is 15.1. The highest BCUT2D eigenvalue weighted by atomic mass is 16.5. The average molecular weight is 346 g/mol. The van der Waals surface area contributed by atoms with Gasteiger partial charge in [0, 0.05) is 11.3 Å². The Morgan fingerprint density at radius 2 is 1.81 bits per heavy atom. The molecule has 0 N–H and O–H groups in total. The second-order valence-corrected chi connectivity index (χ2v) is 6.13. The zero-order chi connectivity index (χ0) is 18.5. The van der Waals surface area contributed by atoms with Gasteiger partial charge in [0.25, 0.3) is 5.91 Å². The molecule has 0 aliphatic carbocycles. The quantitative estimate of drug-likeness (QED) is 0.618. The Morgan fingerprint density at radius 3 is 2.54 bits per heavy atom. The number of rotatable bonds is 6. The van der Waals surface area contributed by atoms with Crippen molar-refractivity contribution in [1.82, 2.24) is 9.78 Å². The molecule has 0 saturated carbocycles. The summed E-state index contributed by atoms with van der Waals surface area (Å²) >= 11 is 0. The number of nitrogens with zero attached hydrogens (tertiary/aromatic N) is 2. The number of aryl methyl sites for hydroxylation is 1. The normalized spacial score (nSPS) is 10.5. The van der Waals surface area contributed by atoms with Gasteiger partial charge in [-0.2, -0.15) is 5.10 Å². The lowest BCUT2D eigenvalue weighted by Gasteiger charge is -2.11. The topological polar surface area (TPSA) is 44.1 Å². The van der Waals surface area contributed by atoms with Crippen LogP contribution in [0.1, 0.15) is 32.9 Å². The molecule has 4 nitrogen and oxygen atoms in total. The van der Waals surface area contributed by atoms with Crippen molar-refractivity contribution in [1.29, 1.82) is 0 Å². The first-order valence-electron chi connectivity index (χ1n) is 8.58. The predicted molar refractivity (Wildman–Crippen MR) is 103 cm³/mol. The molecule has 0 aliphatic heterocycles. The number of benzene rings is 2. The van der Waals surface area contributed by atoms with Crippen molar-refractivity contribution in [3.05, 3.63) is 95.3 Å². The molecule has 0 radical (unpaired) electrons. The zero-order valence-electron chi connectivity index (χ0n) is 15.1. The molecular formula is C22H22N2O2. The molecule has 0 fully saturated rings. The standard InChI is InChI=1S/C22H22N2O2/c1-4-10-19-16(2)23-24(17(19)3)22(25)20-13-8-9-14-21(20)26-15-18-11-6-5-7-12-18/h4-9,11-14H,1,10,15H2,2-3H3. The molecule has 1 aromatic heterocycles. The number of carbonyl (C=O) groups is 1. The number of para-hydroxylation sites is 1. The van der Waals surface area contributed by atoms with E-state index in [0.717, 1.165) is 22.5 Å². The molecule has 0 saturated heterocycles. The average Bonchev–Trinajstić information content (AvgIpc) is 2.95. The largest absolute Gasteiger partial charge is 0.488 e. The summed E-state index contributed by atoms with van der Waals surface area (Å²) in [5.41, 5.74) is 4.27. The van der Waals surface area contributed by atoms with Gasteiger partial charge in [-0.25, -0.2) is 4.68 Å². The summed E-state index contributed by atoms with van der Waals surface area (Å²) < 4.78 is 7.37. The Hall–Kier alpha value is -3.14. The summed E-state index contributed by atoms with van der Waals surface area (Å²) in [6.45, 7) is 8.00. The van der Waals surface area contributed by atoms with Crippen molar-refractivity contribution in [2.45, 2.75) is 26.9 Å². The molecule has 4 heteroatoms. The first-order chi connectivity index (χ1) is 12.6. The smallest absolute Gasteiger partial charge is 0.282 e.